The third-order valence-corrected chi connectivity index (χ3v) is 3.84. The van der Waals surface area contributed by atoms with Crippen LogP contribution in [0, 0.1) is 0 Å². The Bertz CT molecular complexity index is 674. The molecule has 0 atom stereocenters. The quantitative estimate of drug-likeness (QED) is 0.659. The molecule has 0 saturated carbocycles. The van der Waals surface area contributed by atoms with Gasteiger partial charge in [-0.15, -0.1) is 11.8 Å². The lowest BCUT2D eigenvalue weighted by atomic mass is 10.2. The van der Waals surface area contributed by atoms with Crippen molar-refractivity contribution < 1.29 is 18.0 Å². The van der Waals surface area contributed by atoms with Gasteiger partial charge in [-0.3, -0.25) is 4.79 Å². The molecule has 0 aliphatic rings. The number of nitrogens with two attached hydrogens (primary N) is 1. The van der Waals surface area contributed by atoms with E-state index in [0.717, 1.165) is 17.0 Å². The number of alkyl halides is 3. The molecule has 2 aromatic carbocycles. The first-order valence-electron chi connectivity index (χ1n) is 6.30. The van der Waals surface area contributed by atoms with Crippen molar-refractivity contribution in [3.05, 3.63) is 54.1 Å². The van der Waals surface area contributed by atoms with E-state index in [1.165, 1.54) is 23.9 Å². The predicted octanol–water partition coefficient (Wildman–Crippen LogP) is 4.02. The van der Waals surface area contributed by atoms with Gasteiger partial charge in [-0.25, -0.2) is 0 Å². The standard InChI is InChI=1S/C15H13F3N2OS/c16-15(17,18)10-4-3-5-11(8-10)20-14(21)9-22-13-7-2-1-6-12(13)19/h1-8H,9,19H2,(H,20,21). The third kappa shape index (κ3) is 4.42. The van der Waals surface area contributed by atoms with Crippen molar-refractivity contribution in [3.8, 4) is 0 Å². The zero-order valence-corrected chi connectivity index (χ0v) is 12.2. The molecule has 0 aliphatic heterocycles. The summed E-state index contributed by atoms with van der Waals surface area (Å²) in [5.74, 6) is -0.336. The number of hydrogen-bond acceptors (Lipinski definition) is 3. The van der Waals surface area contributed by atoms with Gasteiger partial charge in [0.05, 0.1) is 11.3 Å². The molecule has 2 rings (SSSR count). The highest BCUT2D eigenvalue weighted by Crippen LogP contribution is 2.31. The maximum Gasteiger partial charge on any atom is 0.416 e. The van der Waals surface area contributed by atoms with Crippen molar-refractivity contribution in [1.29, 1.82) is 0 Å². The van der Waals surface area contributed by atoms with Gasteiger partial charge >= 0.3 is 6.18 Å². The number of rotatable bonds is 4. The van der Waals surface area contributed by atoms with E-state index in [1.54, 1.807) is 24.3 Å². The lowest BCUT2D eigenvalue weighted by molar-refractivity contribution is -0.137. The van der Waals surface area contributed by atoms with Gasteiger partial charge in [0.1, 0.15) is 0 Å². The zero-order valence-electron chi connectivity index (χ0n) is 11.4. The average Bonchev–Trinajstić information content (AvgIpc) is 2.46. The van der Waals surface area contributed by atoms with Crippen molar-refractivity contribution in [2.45, 2.75) is 11.1 Å². The molecule has 0 unspecified atom stereocenters. The SMILES string of the molecule is Nc1ccccc1SCC(=O)Nc1cccc(C(F)(F)F)c1. The highest BCUT2D eigenvalue weighted by molar-refractivity contribution is 8.00. The molecule has 0 aliphatic carbocycles. The van der Waals surface area contributed by atoms with Crippen LogP contribution in [0.3, 0.4) is 0 Å². The first-order valence-corrected chi connectivity index (χ1v) is 7.29. The summed E-state index contributed by atoms with van der Waals surface area (Å²) in [6.07, 6.45) is -4.44. The van der Waals surface area contributed by atoms with E-state index in [-0.39, 0.29) is 11.4 Å². The van der Waals surface area contributed by atoms with Gasteiger partial charge in [-0.05, 0) is 30.3 Å². The van der Waals surface area contributed by atoms with Crippen LogP contribution < -0.4 is 11.1 Å². The summed E-state index contributed by atoms with van der Waals surface area (Å²) in [6, 6.07) is 11.6. The first kappa shape index (κ1) is 16.2. The van der Waals surface area contributed by atoms with Crippen LogP contribution in [0.1, 0.15) is 5.56 Å². The molecule has 3 nitrogen and oxygen atoms in total. The molecular formula is C15H13F3N2OS. The Morgan fingerprint density at radius 3 is 2.55 bits per heavy atom. The Hall–Kier alpha value is -2.15. The molecule has 116 valence electrons. The van der Waals surface area contributed by atoms with Crippen LogP contribution in [0.2, 0.25) is 0 Å². The minimum atomic E-state index is -4.44. The molecule has 1 amide bonds. The van der Waals surface area contributed by atoms with E-state index < -0.39 is 17.6 Å². The van der Waals surface area contributed by atoms with Crippen LogP contribution >= 0.6 is 11.8 Å². The van der Waals surface area contributed by atoms with Gasteiger partial charge in [0.2, 0.25) is 5.91 Å². The minimum Gasteiger partial charge on any atom is -0.398 e. The fraction of sp³-hybridized carbons (Fsp3) is 0.133. The monoisotopic (exact) mass is 326 g/mol. The Morgan fingerprint density at radius 1 is 1.14 bits per heavy atom. The van der Waals surface area contributed by atoms with Crippen LogP contribution in [-0.2, 0) is 11.0 Å². The van der Waals surface area contributed by atoms with Crippen molar-refractivity contribution in [2.75, 3.05) is 16.8 Å². The number of amides is 1. The Morgan fingerprint density at radius 2 is 1.86 bits per heavy atom. The largest absolute Gasteiger partial charge is 0.416 e. The van der Waals surface area contributed by atoms with Gasteiger partial charge in [0, 0.05) is 16.3 Å². The van der Waals surface area contributed by atoms with E-state index in [9.17, 15) is 18.0 Å². The van der Waals surface area contributed by atoms with Crippen LogP contribution in [0.4, 0.5) is 24.5 Å². The molecular weight excluding hydrogens is 313 g/mol. The molecule has 0 aromatic heterocycles. The number of nitrogens with one attached hydrogen (secondary N) is 1. The van der Waals surface area contributed by atoms with Crippen LogP contribution in [0.15, 0.2) is 53.4 Å². The maximum atomic E-state index is 12.6. The fourth-order valence-electron chi connectivity index (χ4n) is 1.73. The van der Waals surface area contributed by atoms with Crippen molar-refractivity contribution in [1.82, 2.24) is 0 Å². The minimum absolute atomic E-state index is 0.0600. The maximum absolute atomic E-state index is 12.6. The number of benzene rings is 2. The second-order valence-corrected chi connectivity index (χ2v) is 5.47. The van der Waals surface area contributed by atoms with Crippen LogP contribution in [-0.4, -0.2) is 11.7 Å². The van der Waals surface area contributed by atoms with Gasteiger partial charge in [0.25, 0.3) is 0 Å². The summed E-state index contributed by atoms with van der Waals surface area (Å²) >= 11 is 1.22. The molecule has 0 saturated heterocycles. The number of anilines is 2. The molecule has 3 N–H and O–H groups in total. The molecule has 0 radical (unpaired) electrons. The molecule has 0 bridgehead atoms. The number of carbonyl (C=O) groups is 1. The second-order valence-electron chi connectivity index (χ2n) is 4.45. The van der Waals surface area contributed by atoms with E-state index in [4.69, 9.17) is 5.73 Å². The summed E-state index contributed by atoms with van der Waals surface area (Å²) < 4.78 is 37.8. The highest BCUT2D eigenvalue weighted by atomic mass is 32.2. The Balaban J connectivity index is 1.97. The van der Waals surface area contributed by atoms with E-state index in [2.05, 4.69) is 5.32 Å². The molecule has 22 heavy (non-hydrogen) atoms. The summed E-state index contributed by atoms with van der Waals surface area (Å²) in [6.45, 7) is 0. The number of thioether (sulfide) groups is 1. The topological polar surface area (TPSA) is 55.1 Å². The van der Waals surface area contributed by atoms with E-state index >= 15 is 0 Å². The smallest absolute Gasteiger partial charge is 0.398 e. The molecule has 0 heterocycles. The van der Waals surface area contributed by atoms with Crippen LogP contribution in [0.5, 0.6) is 0 Å². The van der Waals surface area contributed by atoms with Crippen molar-refractivity contribution in [3.63, 3.8) is 0 Å². The second kappa shape index (κ2) is 6.74. The summed E-state index contributed by atoms with van der Waals surface area (Å²) in [5.41, 5.74) is 5.62. The number of carbonyl (C=O) groups excluding carboxylic acids is 1. The third-order valence-electron chi connectivity index (χ3n) is 2.75. The number of para-hydroxylation sites is 1. The molecule has 7 heteroatoms. The molecule has 0 spiro atoms. The Labute approximate surface area is 129 Å². The number of halogens is 3. The number of hydrogen-bond donors (Lipinski definition) is 2. The van der Waals surface area contributed by atoms with Crippen molar-refractivity contribution >= 4 is 29.0 Å². The van der Waals surface area contributed by atoms with Crippen molar-refractivity contribution in [2.24, 2.45) is 0 Å². The summed E-state index contributed by atoms with van der Waals surface area (Å²) in [5, 5.41) is 2.44. The van der Waals surface area contributed by atoms with E-state index in [0.29, 0.717) is 5.69 Å². The number of nitrogen functional groups attached to an aromatic ring is 1. The zero-order chi connectivity index (χ0) is 16.2. The van der Waals surface area contributed by atoms with Gasteiger partial charge < -0.3 is 11.1 Å². The predicted molar refractivity (Wildman–Crippen MR) is 81.7 cm³/mol. The lowest BCUT2D eigenvalue weighted by Crippen LogP contribution is -2.15. The van der Waals surface area contributed by atoms with E-state index in [1.807, 2.05) is 0 Å². The Kier molecular flexibility index (Phi) is 4.97. The van der Waals surface area contributed by atoms with Crippen LogP contribution in [0.25, 0.3) is 0 Å². The van der Waals surface area contributed by atoms with Gasteiger partial charge in [-0.2, -0.15) is 13.2 Å². The highest BCUT2D eigenvalue weighted by Gasteiger charge is 2.30. The lowest BCUT2D eigenvalue weighted by Gasteiger charge is -2.10. The first-order chi connectivity index (χ1) is 10.4. The normalized spacial score (nSPS) is 11.2. The molecule has 0 fully saturated rings. The summed E-state index contributed by atoms with van der Waals surface area (Å²) in [4.78, 5) is 12.6. The van der Waals surface area contributed by atoms with Gasteiger partial charge in [0.15, 0.2) is 0 Å². The average molecular weight is 326 g/mol. The fourth-order valence-corrected chi connectivity index (χ4v) is 2.49. The molecule has 2 aromatic rings. The summed E-state index contributed by atoms with van der Waals surface area (Å²) in [7, 11) is 0. The van der Waals surface area contributed by atoms with Gasteiger partial charge in [-0.1, -0.05) is 18.2 Å².